The van der Waals surface area contributed by atoms with Gasteiger partial charge in [-0.25, -0.2) is 5.43 Å². The molecular weight excluding hydrogens is 558 g/mol. The van der Waals surface area contributed by atoms with Gasteiger partial charge in [0.15, 0.2) is 5.76 Å². The summed E-state index contributed by atoms with van der Waals surface area (Å²) >= 11 is 6.89. The van der Waals surface area contributed by atoms with E-state index in [-0.39, 0.29) is 11.4 Å². The van der Waals surface area contributed by atoms with Crippen LogP contribution in [0.2, 0.25) is 0 Å². The van der Waals surface area contributed by atoms with E-state index < -0.39 is 10.8 Å². The predicted octanol–water partition coefficient (Wildman–Crippen LogP) is 6.21. The molecule has 0 spiro atoms. The fourth-order valence-electron chi connectivity index (χ4n) is 2.93. The van der Waals surface area contributed by atoms with Crippen LogP contribution in [0.4, 0.5) is 5.69 Å². The van der Waals surface area contributed by atoms with E-state index in [4.69, 9.17) is 9.15 Å². The number of hydrazone groups is 1. The highest BCUT2D eigenvalue weighted by Crippen LogP contribution is 2.27. The Kier molecular flexibility index (Phi) is 6.85. The minimum atomic E-state index is -0.571. The molecule has 0 aliphatic carbocycles. The maximum atomic E-state index is 12.3. The van der Waals surface area contributed by atoms with Crippen molar-refractivity contribution in [2.24, 2.45) is 5.10 Å². The Bertz CT molecular complexity index is 1370. The smallest absolute Gasteiger partial charge is 0.307 e. The Morgan fingerprint density at radius 2 is 1.88 bits per heavy atom. The number of ether oxygens (including phenoxy) is 1. The van der Waals surface area contributed by atoms with Crippen LogP contribution in [0.25, 0.3) is 11.0 Å². The zero-order chi connectivity index (χ0) is 23.4. The fraction of sp³-hybridized carbons (Fsp3) is 0.0435. The molecule has 1 aromatic heterocycles. The highest BCUT2D eigenvalue weighted by Gasteiger charge is 2.14. The maximum Gasteiger partial charge on any atom is 0.307 e. The van der Waals surface area contributed by atoms with Crippen LogP contribution in [0.5, 0.6) is 5.75 Å². The van der Waals surface area contributed by atoms with Gasteiger partial charge in [0.05, 0.1) is 15.6 Å². The molecule has 4 rings (SSSR count). The third kappa shape index (κ3) is 5.65. The second-order valence-electron chi connectivity index (χ2n) is 6.89. The Balaban J connectivity index is 1.37. The molecule has 10 heteroatoms. The second kappa shape index (κ2) is 9.97. The van der Waals surface area contributed by atoms with E-state index in [9.17, 15) is 14.9 Å². The molecule has 0 fully saturated rings. The van der Waals surface area contributed by atoms with Crippen molar-refractivity contribution in [1.29, 1.82) is 0 Å². The van der Waals surface area contributed by atoms with Crippen molar-refractivity contribution in [1.82, 2.24) is 5.43 Å². The first-order valence-corrected chi connectivity index (χ1v) is 11.2. The molecule has 166 valence electrons. The zero-order valence-corrected chi connectivity index (χ0v) is 20.0. The van der Waals surface area contributed by atoms with Crippen molar-refractivity contribution in [3.63, 3.8) is 0 Å². The molecule has 1 N–H and O–H groups in total. The van der Waals surface area contributed by atoms with Crippen LogP contribution in [0, 0.1) is 10.1 Å². The Hall–Kier alpha value is -3.50. The summed E-state index contributed by atoms with van der Waals surface area (Å²) in [5.41, 5.74) is 4.45. The van der Waals surface area contributed by atoms with Gasteiger partial charge in [-0.2, -0.15) is 5.10 Å². The van der Waals surface area contributed by atoms with E-state index in [1.165, 1.54) is 30.5 Å². The van der Waals surface area contributed by atoms with Crippen molar-refractivity contribution in [2.45, 2.75) is 6.61 Å². The minimum Gasteiger partial charge on any atom is -0.488 e. The molecule has 0 bridgehead atoms. The summed E-state index contributed by atoms with van der Waals surface area (Å²) in [6.07, 6.45) is 1.48. The number of halogens is 2. The largest absolute Gasteiger partial charge is 0.488 e. The lowest BCUT2D eigenvalue weighted by Crippen LogP contribution is -2.16. The predicted molar refractivity (Wildman–Crippen MR) is 131 cm³/mol. The number of furan rings is 1. The molecule has 0 saturated heterocycles. The average Bonchev–Trinajstić information content (AvgIpc) is 3.23. The van der Waals surface area contributed by atoms with Crippen LogP contribution in [-0.4, -0.2) is 17.0 Å². The maximum absolute atomic E-state index is 12.3. The molecule has 0 aliphatic rings. The van der Waals surface area contributed by atoms with Crippen molar-refractivity contribution in [3.05, 3.63) is 103 Å². The van der Waals surface area contributed by atoms with Crippen LogP contribution < -0.4 is 10.2 Å². The Morgan fingerprint density at radius 1 is 1.09 bits per heavy atom. The quantitative estimate of drug-likeness (QED) is 0.161. The molecular formula is C23H15Br2N3O5. The number of carbonyl (C=O) groups excluding carboxylic acids is 1. The van der Waals surface area contributed by atoms with Gasteiger partial charge >= 0.3 is 5.91 Å². The van der Waals surface area contributed by atoms with Gasteiger partial charge in [0.25, 0.3) is 5.69 Å². The van der Waals surface area contributed by atoms with Gasteiger partial charge in [-0.15, -0.1) is 0 Å². The van der Waals surface area contributed by atoms with E-state index in [1.54, 1.807) is 12.1 Å². The van der Waals surface area contributed by atoms with Gasteiger partial charge < -0.3 is 9.15 Å². The van der Waals surface area contributed by atoms with Crippen molar-refractivity contribution in [3.8, 4) is 5.75 Å². The number of nitro groups is 1. The van der Waals surface area contributed by atoms with Crippen LogP contribution >= 0.6 is 31.9 Å². The highest BCUT2D eigenvalue weighted by atomic mass is 79.9. The van der Waals surface area contributed by atoms with Crippen LogP contribution in [-0.2, 0) is 6.61 Å². The van der Waals surface area contributed by atoms with Crippen molar-refractivity contribution in [2.75, 3.05) is 0 Å². The fourth-order valence-corrected chi connectivity index (χ4v) is 3.71. The van der Waals surface area contributed by atoms with Crippen LogP contribution in [0.15, 0.2) is 85.2 Å². The molecule has 0 saturated carbocycles. The van der Waals surface area contributed by atoms with Crippen molar-refractivity contribution >= 4 is 60.6 Å². The summed E-state index contributed by atoms with van der Waals surface area (Å²) in [6.45, 7) is 0.427. The molecule has 8 nitrogen and oxygen atoms in total. The monoisotopic (exact) mass is 571 g/mol. The molecule has 0 aliphatic heterocycles. The first-order valence-electron chi connectivity index (χ1n) is 9.57. The van der Waals surface area contributed by atoms with Gasteiger partial charge in [-0.05, 0) is 69.5 Å². The zero-order valence-electron chi connectivity index (χ0n) is 16.8. The molecule has 0 unspecified atom stereocenters. The van der Waals surface area contributed by atoms with E-state index >= 15 is 0 Å². The van der Waals surface area contributed by atoms with Gasteiger partial charge in [0, 0.05) is 22.0 Å². The summed E-state index contributed by atoms with van der Waals surface area (Å²) < 4.78 is 13.0. The number of nitrogens with zero attached hydrogens (tertiary/aromatic N) is 2. The molecule has 1 amide bonds. The minimum absolute atomic E-state index is 0.000480. The Morgan fingerprint density at radius 3 is 2.61 bits per heavy atom. The van der Waals surface area contributed by atoms with Gasteiger partial charge in [-0.3, -0.25) is 14.9 Å². The number of amides is 1. The molecule has 33 heavy (non-hydrogen) atoms. The van der Waals surface area contributed by atoms with Crippen molar-refractivity contribution < 1.29 is 18.9 Å². The first kappa shape index (κ1) is 22.7. The third-order valence-corrected chi connectivity index (χ3v) is 5.73. The first-order chi connectivity index (χ1) is 15.9. The van der Waals surface area contributed by atoms with Gasteiger partial charge in [0.1, 0.15) is 17.9 Å². The summed E-state index contributed by atoms with van der Waals surface area (Å²) in [5.74, 6) is 0.106. The third-order valence-electron chi connectivity index (χ3n) is 4.58. The molecule has 4 aromatic rings. The molecule has 0 radical (unpaired) electrons. The summed E-state index contributed by atoms with van der Waals surface area (Å²) in [5, 5.41) is 15.3. The topological polar surface area (TPSA) is 107 Å². The molecule has 3 aromatic carbocycles. The van der Waals surface area contributed by atoms with E-state index in [0.29, 0.717) is 23.3 Å². The van der Waals surface area contributed by atoms with Crippen LogP contribution in [0.1, 0.15) is 21.7 Å². The number of carbonyl (C=O) groups is 1. The number of benzene rings is 3. The average molecular weight is 573 g/mol. The number of hydrogen-bond acceptors (Lipinski definition) is 6. The number of rotatable bonds is 7. The summed E-state index contributed by atoms with van der Waals surface area (Å²) in [7, 11) is 0. The van der Waals surface area contributed by atoms with Gasteiger partial charge in [-0.1, -0.05) is 28.1 Å². The highest BCUT2D eigenvalue weighted by molar-refractivity contribution is 9.10. The number of hydrogen-bond donors (Lipinski definition) is 1. The number of non-ortho nitro benzene ring substituents is 1. The molecule has 1 heterocycles. The number of nitrogens with one attached hydrogen (secondary N) is 1. The van der Waals surface area contributed by atoms with E-state index in [1.807, 2.05) is 30.3 Å². The Labute approximate surface area is 204 Å². The standard InChI is InChI=1S/C23H15Br2N3O5/c24-17-4-1-14(2-5-17)13-32-21-7-3-15(9-19(21)25)12-26-27-23(29)22-11-16-10-18(28(30)31)6-8-20(16)33-22/h1-12H,13H2,(H,27,29)/b26-12-. The van der Waals surface area contributed by atoms with E-state index in [2.05, 4.69) is 42.4 Å². The SMILES string of the molecule is O=C(N/N=C\c1ccc(OCc2ccc(Br)cc2)c(Br)c1)c1cc2cc([N+](=O)[O-])ccc2o1. The summed E-state index contributed by atoms with van der Waals surface area (Å²) in [4.78, 5) is 22.7. The second-order valence-corrected chi connectivity index (χ2v) is 8.66. The normalized spacial score (nSPS) is 11.1. The lowest BCUT2D eigenvalue weighted by Gasteiger charge is -2.09. The summed E-state index contributed by atoms with van der Waals surface area (Å²) in [6, 6.07) is 18.8. The van der Waals surface area contributed by atoms with E-state index in [0.717, 1.165) is 20.1 Å². The lowest BCUT2D eigenvalue weighted by atomic mass is 10.2. The molecule has 0 atom stereocenters. The number of nitro benzene ring substituents is 1. The number of fused-ring (bicyclic) bond motifs is 1. The van der Waals surface area contributed by atoms with Gasteiger partial charge in [0.2, 0.25) is 0 Å². The lowest BCUT2D eigenvalue weighted by molar-refractivity contribution is -0.384. The van der Waals surface area contributed by atoms with Crippen LogP contribution in [0.3, 0.4) is 0 Å².